The van der Waals surface area contributed by atoms with Crippen LogP contribution in [0.3, 0.4) is 0 Å². The van der Waals surface area contributed by atoms with Gasteiger partial charge in [-0.15, -0.1) is 0 Å². The quantitative estimate of drug-likeness (QED) is 0.615. The maximum Gasteiger partial charge on any atom is 0.416 e. The first-order valence-electron chi connectivity index (χ1n) is 9.16. The zero-order chi connectivity index (χ0) is 21.9. The molecule has 30 heavy (non-hydrogen) atoms. The predicted molar refractivity (Wildman–Crippen MR) is 104 cm³/mol. The number of hydrogen-bond acceptors (Lipinski definition) is 4. The van der Waals surface area contributed by atoms with Crippen LogP contribution in [0.25, 0.3) is 0 Å². The molecule has 1 aliphatic heterocycles. The van der Waals surface area contributed by atoms with Gasteiger partial charge in [0.15, 0.2) is 0 Å². The van der Waals surface area contributed by atoms with Crippen LogP contribution >= 0.6 is 11.6 Å². The van der Waals surface area contributed by atoms with E-state index in [0.717, 1.165) is 28.1 Å². The molecule has 162 valence electrons. The predicted octanol–water partition coefficient (Wildman–Crippen LogP) is 4.50. The molecule has 10 heteroatoms. The van der Waals surface area contributed by atoms with Crippen molar-refractivity contribution in [1.29, 1.82) is 0 Å². The van der Waals surface area contributed by atoms with E-state index in [2.05, 4.69) is 0 Å². The Kier molecular flexibility index (Phi) is 6.74. The third kappa shape index (κ3) is 5.33. The lowest BCUT2D eigenvalue weighted by Gasteiger charge is -2.30. The third-order valence-corrected chi connectivity index (χ3v) is 7.03. The van der Waals surface area contributed by atoms with Crippen LogP contribution in [0.5, 0.6) is 0 Å². The van der Waals surface area contributed by atoms with Gasteiger partial charge in [0.05, 0.1) is 16.4 Å². The van der Waals surface area contributed by atoms with Crippen molar-refractivity contribution in [1.82, 2.24) is 4.31 Å². The van der Waals surface area contributed by atoms with Crippen molar-refractivity contribution in [3.8, 4) is 0 Å². The van der Waals surface area contributed by atoms with E-state index in [9.17, 15) is 26.4 Å². The van der Waals surface area contributed by atoms with Crippen molar-refractivity contribution in [3.05, 3.63) is 64.7 Å². The van der Waals surface area contributed by atoms with E-state index in [-0.39, 0.29) is 32.5 Å². The molecular weight excluding hydrogens is 443 g/mol. The molecule has 0 atom stereocenters. The normalized spacial score (nSPS) is 16.4. The first-order valence-corrected chi connectivity index (χ1v) is 11.0. The van der Waals surface area contributed by atoms with Crippen molar-refractivity contribution in [2.75, 3.05) is 13.1 Å². The molecule has 1 aliphatic rings. The summed E-state index contributed by atoms with van der Waals surface area (Å²) in [6.45, 7) is 0.136. The highest BCUT2D eigenvalue weighted by atomic mass is 35.5. The van der Waals surface area contributed by atoms with Gasteiger partial charge in [-0.25, -0.2) is 8.42 Å². The first kappa shape index (κ1) is 22.6. The fourth-order valence-corrected chi connectivity index (χ4v) is 4.81. The highest BCUT2D eigenvalue weighted by Gasteiger charge is 2.35. The van der Waals surface area contributed by atoms with E-state index in [1.165, 1.54) is 0 Å². The number of sulfonamides is 1. The van der Waals surface area contributed by atoms with Crippen molar-refractivity contribution in [2.45, 2.75) is 30.5 Å². The van der Waals surface area contributed by atoms with E-state index >= 15 is 0 Å². The maximum atomic E-state index is 12.9. The Balaban J connectivity index is 1.59. The summed E-state index contributed by atoms with van der Waals surface area (Å²) in [6, 6.07) is 10.5. The number of carbonyl (C=O) groups is 1. The molecule has 0 aromatic heterocycles. The van der Waals surface area contributed by atoms with Crippen LogP contribution in [0.2, 0.25) is 5.02 Å². The van der Waals surface area contributed by atoms with Gasteiger partial charge in [0.2, 0.25) is 10.0 Å². The highest BCUT2D eigenvalue weighted by Crippen LogP contribution is 2.32. The van der Waals surface area contributed by atoms with Gasteiger partial charge < -0.3 is 4.74 Å². The van der Waals surface area contributed by atoms with Gasteiger partial charge in [0.1, 0.15) is 6.61 Å². The Hall–Kier alpha value is -2.10. The summed E-state index contributed by atoms with van der Waals surface area (Å²) in [7, 11) is -4.08. The van der Waals surface area contributed by atoms with E-state index in [1.54, 1.807) is 24.3 Å². The number of nitrogens with zero attached hydrogens (tertiary/aromatic N) is 1. The van der Waals surface area contributed by atoms with Gasteiger partial charge in [-0.3, -0.25) is 4.79 Å². The van der Waals surface area contributed by atoms with Crippen LogP contribution in [0.1, 0.15) is 24.0 Å². The molecule has 1 fully saturated rings. The second kappa shape index (κ2) is 8.95. The number of rotatable bonds is 5. The summed E-state index contributed by atoms with van der Waals surface area (Å²) in [5.74, 6) is -0.897. The second-order valence-electron chi connectivity index (χ2n) is 6.94. The lowest BCUT2D eigenvalue weighted by Crippen LogP contribution is -2.40. The molecule has 0 radical (unpaired) electrons. The van der Waals surface area contributed by atoms with Gasteiger partial charge in [-0.1, -0.05) is 29.8 Å². The SMILES string of the molecule is O=C(OCc1ccc(Cl)cc1)C1CCN(S(=O)(=O)c2cccc(C(F)(F)F)c2)CC1. The molecule has 2 aromatic rings. The summed E-state index contributed by atoms with van der Waals surface area (Å²) >= 11 is 5.80. The Morgan fingerprint density at radius 2 is 1.73 bits per heavy atom. The first-order chi connectivity index (χ1) is 14.1. The molecule has 3 rings (SSSR count). The summed E-state index contributed by atoms with van der Waals surface area (Å²) in [5, 5.41) is 0.569. The monoisotopic (exact) mass is 461 g/mol. The fourth-order valence-electron chi connectivity index (χ4n) is 3.17. The average Bonchev–Trinajstić information content (AvgIpc) is 2.72. The second-order valence-corrected chi connectivity index (χ2v) is 9.31. The molecule has 0 saturated carbocycles. The highest BCUT2D eigenvalue weighted by molar-refractivity contribution is 7.89. The van der Waals surface area contributed by atoms with Crippen LogP contribution in [-0.2, 0) is 32.3 Å². The van der Waals surface area contributed by atoms with Gasteiger partial charge in [-0.2, -0.15) is 17.5 Å². The average molecular weight is 462 g/mol. The molecule has 0 amide bonds. The summed E-state index contributed by atoms with van der Waals surface area (Å²) in [4.78, 5) is 11.9. The van der Waals surface area contributed by atoms with Crippen LogP contribution in [0, 0.1) is 5.92 Å². The van der Waals surface area contributed by atoms with Gasteiger partial charge in [0, 0.05) is 18.1 Å². The fraction of sp³-hybridized carbons (Fsp3) is 0.350. The summed E-state index contributed by atoms with van der Waals surface area (Å²) < 4.78 is 70.5. The number of ether oxygens (including phenoxy) is 1. The Labute approximate surface area is 177 Å². The molecule has 0 N–H and O–H groups in total. The van der Waals surface area contributed by atoms with E-state index in [0.29, 0.717) is 11.1 Å². The largest absolute Gasteiger partial charge is 0.461 e. The van der Waals surface area contributed by atoms with E-state index < -0.39 is 38.5 Å². The molecular formula is C20H19ClF3NO4S. The summed E-state index contributed by atoms with van der Waals surface area (Å²) in [6.07, 6.45) is -4.17. The van der Waals surface area contributed by atoms with Crippen LogP contribution in [-0.4, -0.2) is 31.8 Å². The lowest BCUT2D eigenvalue weighted by atomic mass is 9.98. The number of halogens is 4. The smallest absolute Gasteiger partial charge is 0.416 e. The van der Waals surface area contributed by atoms with Gasteiger partial charge in [-0.05, 0) is 48.7 Å². The Morgan fingerprint density at radius 3 is 2.33 bits per heavy atom. The molecule has 1 heterocycles. The molecule has 0 unspecified atom stereocenters. The van der Waals surface area contributed by atoms with E-state index in [1.807, 2.05) is 0 Å². The minimum Gasteiger partial charge on any atom is -0.461 e. The van der Waals surface area contributed by atoms with Crippen molar-refractivity contribution >= 4 is 27.6 Å². The number of esters is 1. The minimum absolute atomic E-state index is 0.0271. The lowest BCUT2D eigenvalue weighted by molar-refractivity contribution is -0.151. The molecule has 2 aromatic carbocycles. The third-order valence-electron chi connectivity index (χ3n) is 4.88. The molecule has 5 nitrogen and oxygen atoms in total. The Morgan fingerprint density at radius 1 is 1.10 bits per heavy atom. The summed E-state index contributed by atoms with van der Waals surface area (Å²) in [5.41, 5.74) is -0.249. The molecule has 0 aliphatic carbocycles. The van der Waals surface area contributed by atoms with Crippen LogP contribution < -0.4 is 0 Å². The van der Waals surface area contributed by atoms with Crippen molar-refractivity contribution in [2.24, 2.45) is 5.92 Å². The Bertz CT molecular complexity index is 1000. The van der Waals surface area contributed by atoms with Crippen LogP contribution in [0.4, 0.5) is 13.2 Å². The maximum absolute atomic E-state index is 12.9. The van der Waals surface area contributed by atoms with Gasteiger partial charge in [0.25, 0.3) is 0 Å². The topological polar surface area (TPSA) is 63.7 Å². The van der Waals surface area contributed by atoms with Gasteiger partial charge >= 0.3 is 12.1 Å². The zero-order valence-corrected chi connectivity index (χ0v) is 17.3. The van der Waals surface area contributed by atoms with Crippen molar-refractivity contribution < 1.29 is 31.1 Å². The number of piperidine rings is 1. The standard InChI is InChI=1S/C20H19ClF3NO4S/c21-17-6-4-14(5-7-17)13-29-19(26)15-8-10-25(11-9-15)30(27,28)18-3-1-2-16(12-18)20(22,23)24/h1-7,12,15H,8-11,13H2. The number of benzene rings is 2. The van der Waals surface area contributed by atoms with Crippen LogP contribution in [0.15, 0.2) is 53.4 Å². The zero-order valence-electron chi connectivity index (χ0n) is 15.7. The number of alkyl halides is 3. The molecule has 0 bridgehead atoms. The minimum atomic E-state index is -4.63. The number of hydrogen-bond donors (Lipinski definition) is 0. The molecule has 0 spiro atoms. The van der Waals surface area contributed by atoms with Crippen molar-refractivity contribution in [3.63, 3.8) is 0 Å². The van der Waals surface area contributed by atoms with E-state index in [4.69, 9.17) is 16.3 Å². The number of carbonyl (C=O) groups excluding carboxylic acids is 1. The molecule has 1 saturated heterocycles.